The number of hydrogen-bond acceptors (Lipinski definition) is 6. The second kappa shape index (κ2) is 9.40. The number of allylic oxidation sites excluding steroid dienone is 1. The molecular weight excluding hydrogens is 440 g/mol. The predicted molar refractivity (Wildman–Crippen MR) is 124 cm³/mol. The summed E-state index contributed by atoms with van der Waals surface area (Å²) >= 11 is 0. The van der Waals surface area contributed by atoms with E-state index in [4.69, 9.17) is 0 Å². The zero-order valence-corrected chi connectivity index (χ0v) is 18.5. The molecule has 1 aliphatic rings. The van der Waals surface area contributed by atoms with E-state index in [0.717, 1.165) is 4.31 Å². The first-order chi connectivity index (χ1) is 15.9. The van der Waals surface area contributed by atoms with Crippen LogP contribution in [0, 0.1) is 0 Å². The maximum absolute atomic E-state index is 13.6. The Morgan fingerprint density at radius 1 is 0.818 bits per heavy atom. The Balaban J connectivity index is 1.93. The molecule has 2 N–H and O–H groups in total. The van der Waals surface area contributed by atoms with Gasteiger partial charge in [0, 0.05) is 23.2 Å². The van der Waals surface area contributed by atoms with Gasteiger partial charge in [-0.15, -0.1) is 0 Å². The zero-order chi connectivity index (χ0) is 23.4. The van der Waals surface area contributed by atoms with Gasteiger partial charge in [0.1, 0.15) is 5.70 Å². The molecule has 0 bridgehead atoms. The first-order valence-electron chi connectivity index (χ1n) is 10.3. The minimum atomic E-state index is -4.21. The number of hydrogen-bond donors (Lipinski definition) is 2. The van der Waals surface area contributed by atoms with Crippen molar-refractivity contribution in [2.75, 3.05) is 19.7 Å². The van der Waals surface area contributed by atoms with Crippen molar-refractivity contribution in [3.8, 4) is 0 Å². The molecule has 33 heavy (non-hydrogen) atoms. The van der Waals surface area contributed by atoms with E-state index in [0.29, 0.717) is 11.1 Å². The van der Waals surface area contributed by atoms with Gasteiger partial charge in [-0.25, -0.2) is 8.42 Å². The highest BCUT2D eigenvalue weighted by atomic mass is 32.2. The summed E-state index contributed by atoms with van der Waals surface area (Å²) < 4.78 is 28.2. The molecule has 0 radical (unpaired) electrons. The van der Waals surface area contributed by atoms with Crippen LogP contribution in [0.1, 0.15) is 26.3 Å². The molecule has 0 atom stereocenters. The molecule has 0 aromatic heterocycles. The number of Topliss-reactive ketones (excluding diaryl/α,β-unsaturated/α-hetero) is 2. The average Bonchev–Trinajstić information content (AvgIpc) is 2.85. The monoisotopic (exact) mass is 462 g/mol. The molecule has 1 heterocycles. The smallest absolute Gasteiger partial charge is 0.265 e. The summed E-state index contributed by atoms with van der Waals surface area (Å²) in [5.41, 5.74) is 1.03. The van der Waals surface area contributed by atoms with Crippen molar-refractivity contribution in [1.82, 2.24) is 9.62 Å². The van der Waals surface area contributed by atoms with Crippen molar-refractivity contribution in [3.63, 3.8) is 0 Å². The SMILES string of the molecule is O=C(CN1C(C(=O)c2ccccc2)=C(NCCO)c2ccccc2S1(=O)=O)c1ccccc1. The molecule has 0 aliphatic carbocycles. The predicted octanol–water partition coefficient (Wildman–Crippen LogP) is 2.71. The summed E-state index contributed by atoms with van der Waals surface area (Å²) in [5.74, 6) is -0.992. The number of aliphatic hydroxyl groups excluding tert-OH is 1. The van der Waals surface area contributed by atoms with Gasteiger partial charge >= 0.3 is 0 Å². The molecule has 0 fully saturated rings. The summed E-state index contributed by atoms with van der Waals surface area (Å²) in [6, 6.07) is 22.9. The van der Waals surface area contributed by atoms with Crippen LogP contribution in [0.15, 0.2) is 95.5 Å². The Kier molecular flexibility index (Phi) is 6.39. The van der Waals surface area contributed by atoms with Gasteiger partial charge in [0.15, 0.2) is 5.78 Å². The number of aliphatic hydroxyl groups is 1. The van der Waals surface area contributed by atoms with Crippen LogP contribution < -0.4 is 5.32 Å². The normalized spacial score (nSPS) is 14.5. The highest BCUT2D eigenvalue weighted by molar-refractivity contribution is 7.89. The summed E-state index contributed by atoms with van der Waals surface area (Å²) in [7, 11) is -4.21. The third kappa shape index (κ3) is 4.30. The van der Waals surface area contributed by atoms with Crippen LogP contribution in [-0.4, -0.2) is 49.1 Å². The van der Waals surface area contributed by atoms with Crippen LogP contribution >= 0.6 is 0 Å². The molecule has 8 heteroatoms. The van der Waals surface area contributed by atoms with Crippen molar-refractivity contribution < 1.29 is 23.1 Å². The van der Waals surface area contributed by atoms with E-state index in [9.17, 15) is 23.1 Å². The van der Waals surface area contributed by atoms with Crippen molar-refractivity contribution in [2.24, 2.45) is 0 Å². The number of ketones is 2. The van der Waals surface area contributed by atoms with Crippen molar-refractivity contribution in [3.05, 3.63) is 107 Å². The number of carbonyl (C=O) groups is 2. The van der Waals surface area contributed by atoms with E-state index in [1.54, 1.807) is 78.9 Å². The van der Waals surface area contributed by atoms with E-state index in [1.165, 1.54) is 6.07 Å². The maximum Gasteiger partial charge on any atom is 0.265 e. The van der Waals surface area contributed by atoms with Crippen molar-refractivity contribution >= 4 is 27.3 Å². The Morgan fingerprint density at radius 2 is 1.39 bits per heavy atom. The highest BCUT2D eigenvalue weighted by Gasteiger charge is 2.41. The minimum absolute atomic E-state index is 0.0177. The Morgan fingerprint density at radius 3 is 2.03 bits per heavy atom. The third-order valence-corrected chi connectivity index (χ3v) is 7.06. The number of fused-ring (bicyclic) bond motifs is 1. The van der Waals surface area contributed by atoms with Gasteiger partial charge in [0.05, 0.1) is 23.7 Å². The Bertz CT molecular complexity index is 1320. The van der Waals surface area contributed by atoms with E-state index in [2.05, 4.69) is 5.32 Å². The lowest BCUT2D eigenvalue weighted by molar-refractivity contribution is 0.0958. The number of rotatable bonds is 8. The fraction of sp³-hybridized carbons (Fsp3) is 0.120. The van der Waals surface area contributed by atoms with Crippen LogP contribution in [-0.2, 0) is 10.0 Å². The molecule has 7 nitrogen and oxygen atoms in total. The molecule has 0 saturated carbocycles. The lowest BCUT2D eigenvalue weighted by Crippen LogP contribution is -2.43. The van der Waals surface area contributed by atoms with Crippen LogP contribution in [0.3, 0.4) is 0 Å². The van der Waals surface area contributed by atoms with Gasteiger partial charge in [-0.2, -0.15) is 0 Å². The lowest BCUT2D eigenvalue weighted by atomic mass is 10.0. The molecule has 0 unspecified atom stereocenters. The van der Waals surface area contributed by atoms with Gasteiger partial charge in [-0.05, 0) is 6.07 Å². The number of benzene rings is 3. The fourth-order valence-electron chi connectivity index (χ4n) is 3.71. The quantitative estimate of drug-likeness (QED) is 0.499. The topological polar surface area (TPSA) is 104 Å². The summed E-state index contributed by atoms with van der Waals surface area (Å²) in [5, 5.41) is 12.4. The number of sulfonamides is 1. The van der Waals surface area contributed by atoms with Crippen molar-refractivity contribution in [2.45, 2.75) is 4.90 Å². The Hall–Kier alpha value is -3.75. The first-order valence-corrected chi connectivity index (χ1v) is 11.8. The first kappa shape index (κ1) is 22.4. The maximum atomic E-state index is 13.6. The standard InChI is InChI=1S/C25H22N2O5S/c28-16-15-26-23-20-13-7-8-14-22(20)33(31,32)27(17-21(29)18-9-3-1-4-10-18)24(23)25(30)19-11-5-2-6-12-19/h1-14,26,28H,15-17H2. The van der Waals surface area contributed by atoms with Crippen LogP contribution in [0.5, 0.6) is 0 Å². The van der Waals surface area contributed by atoms with Gasteiger partial charge in [0.2, 0.25) is 5.78 Å². The molecule has 1 aliphatic heterocycles. The molecule has 0 spiro atoms. The molecule has 0 amide bonds. The number of nitrogens with zero attached hydrogens (tertiary/aromatic N) is 1. The molecule has 168 valence electrons. The Labute approximate surface area is 192 Å². The van der Waals surface area contributed by atoms with Gasteiger partial charge < -0.3 is 10.4 Å². The van der Waals surface area contributed by atoms with E-state index in [1.807, 2.05) is 0 Å². The highest BCUT2D eigenvalue weighted by Crippen LogP contribution is 2.37. The van der Waals surface area contributed by atoms with Crippen molar-refractivity contribution in [1.29, 1.82) is 0 Å². The van der Waals surface area contributed by atoms with E-state index >= 15 is 0 Å². The second-order valence-electron chi connectivity index (χ2n) is 7.37. The third-order valence-electron chi connectivity index (χ3n) is 5.26. The molecule has 3 aromatic rings. The summed E-state index contributed by atoms with van der Waals surface area (Å²) in [6.07, 6.45) is 0. The molecular formula is C25H22N2O5S. The lowest BCUT2D eigenvalue weighted by Gasteiger charge is -2.33. The summed E-state index contributed by atoms with van der Waals surface area (Å²) in [4.78, 5) is 26.6. The van der Waals surface area contributed by atoms with Gasteiger partial charge in [-0.3, -0.25) is 13.9 Å². The molecule has 3 aromatic carbocycles. The molecule has 4 rings (SSSR count). The number of carbonyl (C=O) groups excluding carboxylic acids is 2. The van der Waals surface area contributed by atoms with Gasteiger partial charge in [-0.1, -0.05) is 78.9 Å². The van der Waals surface area contributed by atoms with Gasteiger partial charge in [0.25, 0.3) is 10.0 Å². The minimum Gasteiger partial charge on any atom is -0.395 e. The van der Waals surface area contributed by atoms with Crippen LogP contribution in [0.4, 0.5) is 0 Å². The van der Waals surface area contributed by atoms with Crippen LogP contribution in [0.2, 0.25) is 0 Å². The zero-order valence-electron chi connectivity index (χ0n) is 17.6. The average molecular weight is 463 g/mol. The largest absolute Gasteiger partial charge is 0.395 e. The molecule has 0 saturated heterocycles. The second-order valence-corrected chi connectivity index (χ2v) is 9.20. The fourth-order valence-corrected chi connectivity index (χ4v) is 5.35. The van der Waals surface area contributed by atoms with E-state index < -0.39 is 28.1 Å². The number of nitrogens with one attached hydrogen (secondary N) is 1. The van der Waals surface area contributed by atoms with Crippen LogP contribution in [0.25, 0.3) is 5.70 Å². The van der Waals surface area contributed by atoms with E-state index in [-0.39, 0.29) is 35.0 Å². The summed E-state index contributed by atoms with van der Waals surface area (Å²) in [6.45, 7) is -0.678.